The first-order chi connectivity index (χ1) is 30.0. The van der Waals surface area contributed by atoms with Gasteiger partial charge in [-0.15, -0.1) is 0 Å². The van der Waals surface area contributed by atoms with Crippen molar-refractivity contribution in [3.63, 3.8) is 0 Å². The Balaban J connectivity index is 1.28. The van der Waals surface area contributed by atoms with Gasteiger partial charge in [0.2, 0.25) is 17.7 Å². The second kappa shape index (κ2) is 18.6. The van der Waals surface area contributed by atoms with E-state index in [1.54, 1.807) is 14.1 Å². The summed E-state index contributed by atoms with van der Waals surface area (Å²) in [7, 11) is 3.13. The third-order valence-corrected chi connectivity index (χ3v) is 12.6. The van der Waals surface area contributed by atoms with Crippen LogP contribution in [-0.4, -0.2) is 118 Å². The minimum atomic E-state index is -1.05. The maximum absolute atomic E-state index is 14.6. The average molecular weight is 861 g/mol. The van der Waals surface area contributed by atoms with Crippen LogP contribution in [-0.2, 0) is 48.1 Å². The number of amides is 4. The molecule has 0 saturated carbocycles. The summed E-state index contributed by atoms with van der Waals surface area (Å²) in [4.78, 5) is 76.6. The van der Waals surface area contributed by atoms with E-state index in [2.05, 4.69) is 91.6 Å². The Bertz CT molecular complexity index is 2380. The van der Waals surface area contributed by atoms with Gasteiger partial charge < -0.3 is 29.7 Å². The molecule has 63 heavy (non-hydrogen) atoms. The molecule has 5 heterocycles. The van der Waals surface area contributed by atoms with E-state index in [9.17, 15) is 24.0 Å². The lowest BCUT2D eigenvalue weighted by Crippen LogP contribution is -2.62. The Labute approximate surface area is 371 Å². The normalized spacial score (nSPS) is 20.6. The molecule has 2 saturated heterocycles. The van der Waals surface area contributed by atoms with Crippen molar-refractivity contribution < 1.29 is 28.7 Å². The summed E-state index contributed by atoms with van der Waals surface area (Å²) >= 11 is 0. The maximum atomic E-state index is 14.6. The molecule has 4 amide bonds. The first kappa shape index (κ1) is 45.4. The van der Waals surface area contributed by atoms with E-state index in [0.29, 0.717) is 32.4 Å². The van der Waals surface area contributed by atoms with E-state index in [0.717, 1.165) is 51.1 Å². The molecule has 14 heteroatoms. The molecule has 336 valence electrons. The van der Waals surface area contributed by atoms with Gasteiger partial charge in [0, 0.05) is 68.2 Å². The summed E-state index contributed by atoms with van der Waals surface area (Å²) in [6, 6.07) is 15.7. The first-order valence-corrected chi connectivity index (χ1v) is 22.5. The predicted molar refractivity (Wildman–Crippen MR) is 243 cm³/mol. The average Bonchev–Trinajstić information content (AvgIpc) is 4.07. The second-order valence-corrected chi connectivity index (χ2v) is 19.0. The Kier molecular flexibility index (Phi) is 13.4. The van der Waals surface area contributed by atoms with Crippen molar-refractivity contribution in [2.24, 2.45) is 11.3 Å². The van der Waals surface area contributed by atoms with Gasteiger partial charge in [0.25, 0.3) is 5.91 Å². The van der Waals surface area contributed by atoms with Gasteiger partial charge in [0.05, 0.1) is 30.6 Å². The van der Waals surface area contributed by atoms with Gasteiger partial charge in [-0.05, 0) is 84.5 Å². The largest absolute Gasteiger partial charge is 0.464 e. The number of ether oxygens (including phenoxy) is 1. The van der Waals surface area contributed by atoms with Crippen molar-refractivity contribution in [1.29, 1.82) is 0 Å². The number of benzene rings is 2. The number of fused-ring (bicyclic) bond motifs is 6. The molecule has 0 radical (unpaired) electrons. The number of hydrogen-bond acceptors (Lipinski definition) is 9. The summed E-state index contributed by atoms with van der Waals surface area (Å²) in [5, 5.41) is 8.54. The number of aryl methyl sites for hydroxylation is 1. The molecule has 6 bridgehead atoms. The van der Waals surface area contributed by atoms with Crippen LogP contribution < -0.4 is 16.1 Å². The minimum absolute atomic E-state index is 0.150. The number of rotatable bonds is 10. The second-order valence-electron chi connectivity index (χ2n) is 19.0. The zero-order valence-electron chi connectivity index (χ0n) is 38.3. The van der Waals surface area contributed by atoms with E-state index in [-0.39, 0.29) is 43.4 Å². The van der Waals surface area contributed by atoms with Gasteiger partial charge in [-0.25, -0.2) is 5.43 Å². The molecule has 2 aromatic heterocycles. The number of cyclic esters (lactones) is 1. The topological polar surface area (TPSA) is 168 Å². The van der Waals surface area contributed by atoms with Crippen molar-refractivity contribution >= 4 is 40.5 Å². The van der Waals surface area contributed by atoms with Crippen molar-refractivity contribution in [1.82, 2.24) is 40.4 Å². The number of carbonyl (C=O) groups excluding carboxylic acids is 5. The Hall–Kier alpha value is -5.60. The molecule has 2 fully saturated rings. The van der Waals surface area contributed by atoms with Crippen LogP contribution in [0.2, 0.25) is 0 Å². The van der Waals surface area contributed by atoms with Gasteiger partial charge in [-0.3, -0.25) is 34.0 Å². The Morgan fingerprint density at radius 1 is 1.02 bits per heavy atom. The molecule has 3 N–H and O–H groups in total. The van der Waals surface area contributed by atoms with Gasteiger partial charge in [-0.2, -0.15) is 0 Å². The number of hydrazine groups is 1. The monoisotopic (exact) mass is 860 g/mol. The number of nitrogens with one attached hydrogen (secondary N) is 3. The number of pyridine rings is 1. The number of nitrogens with zero attached hydrogens (tertiary/aromatic N) is 5. The van der Waals surface area contributed by atoms with E-state index in [1.807, 2.05) is 38.2 Å². The lowest BCUT2D eigenvalue weighted by atomic mass is 9.83. The third kappa shape index (κ3) is 9.82. The van der Waals surface area contributed by atoms with Crippen molar-refractivity contribution in [3.8, 4) is 22.4 Å². The minimum Gasteiger partial charge on any atom is -0.464 e. The molecular weight excluding hydrogens is 797 g/mol. The van der Waals surface area contributed by atoms with Crippen LogP contribution in [0.1, 0.15) is 84.0 Å². The third-order valence-electron chi connectivity index (χ3n) is 12.6. The van der Waals surface area contributed by atoms with Crippen molar-refractivity contribution in [2.75, 3.05) is 40.3 Å². The lowest BCUT2D eigenvalue weighted by Gasteiger charge is -2.37. The summed E-state index contributed by atoms with van der Waals surface area (Å²) in [5.41, 5.74) is 11.0. The van der Waals surface area contributed by atoms with E-state index in [1.165, 1.54) is 20.4 Å². The summed E-state index contributed by atoms with van der Waals surface area (Å²) in [6.45, 7) is 16.0. The van der Waals surface area contributed by atoms with E-state index >= 15 is 0 Å². The Morgan fingerprint density at radius 2 is 1.76 bits per heavy atom. The number of carbonyl (C=O) groups is 5. The molecule has 3 aliphatic rings. The van der Waals surface area contributed by atoms with Gasteiger partial charge in [0.15, 0.2) is 0 Å². The molecule has 0 aliphatic carbocycles. The van der Waals surface area contributed by atoms with Crippen LogP contribution >= 0.6 is 0 Å². The van der Waals surface area contributed by atoms with Gasteiger partial charge in [-0.1, -0.05) is 71.9 Å². The van der Waals surface area contributed by atoms with E-state index < -0.39 is 47.2 Å². The number of hydrogen-bond donors (Lipinski definition) is 3. The fourth-order valence-electron chi connectivity index (χ4n) is 9.24. The maximum Gasteiger partial charge on any atom is 0.324 e. The van der Waals surface area contributed by atoms with Crippen LogP contribution in [0.5, 0.6) is 0 Å². The summed E-state index contributed by atoms with van der Waals surface area (Å²) in [5.74, 6) is -2.04. The highest BCUT2D eigenvalue weighted by Gasteiger charge is 2.39. The molecule has 4 aromatic rings. The van der Waals surface area contributed by atoms with Crippen LogP contribution in [0.3, 0.4) is 0 Å². The number of likely N-dealkylation sites (N-methyl/N-ethyl adjacent to an activating group) is 2. The Morgan fingerprint density at radius 3 is 2.46 bits per heavy atom. The number of aromatic nitrogens is 2. The molecule has 14 nitrogen and oxygen atoms in total. The highest BCUT2D eigenvalue weighted by molar-refractivity contribution is 5.96. The van der Waals surface area contributed by atoms with E-state index in [4.69, 9.17) is 9.72 Å². The summed E-state index contributed by atoms with van der Waals surface area (Å²) < 4.78 is 8.48. The molecular formula is C49H64N8O6. The SMILES string of the molecule is CCn1c(-c2cccnc2C(C)C)c2c3cc(ccc31)-c1cccc(c1)C[C@H](NC(=O)[C@H](C(C)C)N(C)C(=O)CN(C)C(=O)[C@H]1CN1)C(=O)N1CCC[C@H](N1)C(=O)OCC(C)(C)C2. The smallest absolute Gasteiger partial charge is 0.324 e. The summed E-state index contributed by atoms with van der Waals surface area (Å²) in [6.07, 6.45) is 3.66. The van der Waals surface area contributed by atoms with Gasteiger partial charge >= 0.3 is 5.97 Å². The van der Waals surface area contributed by atoms with Crippen molar-refractivity contribution in [3.05, 3.63) is 77.6 Å². The highest BCUT2D eigenvalue weighted by Crippen LogP contribution is 2.42. The molecule has 4 atom stereocenters. The molecule has 2 aromatic carbocycles. The fraction of sp³-hybridized carbons (Fsp3) is 0.510. The van der Waals surface area contributed by atoms with Crippen molar-refractivity contribution in [2.45, 2.75) is 111 Å². The van der Waals surface area contributed by atoms with Crippen LogP contribution in [0.15, 0.2) is 60.8 Å². The number of esters is 1. The quantitative estimate of drug-likeness (QED) is 0.146. The molecule has 7 rings (SSSR count). The fourth-order valence-corrected chi connectivity index (χ4v) is 9.24. The zero-order valence-corrected chi connectivity index (χ0v) is 38.3. The lowest BCUT2D eigenvalue weighted by molar-refractivity contribution is -0.155. The molecule has 3 aliphatic heterocycles. The highest BCUT2D eigenvalue weighted by atomic mass is 16.5. The predicted octanol–water partition coefficient (Wildman–Crippen LogP) is 5.08. The first-order valence-electron chi connectivity index (χ1n) is 22.5. The molecule has 0 unspecified atom stereocenters. The molecule has 0 spiro atoms. The van der Waals surface area contributed by atoms with Crippen LogP contribution in [0.25, 0.3) is 33.3 Å². The van der Waals surface area contributed by atoms with Crippen LogP contribution in [0, 0.1) is 11.3 Å². The van der Waals surface area contributed by atoms with Gasteiger partial charge in [0.1, 0.15) is 18.1 Å². The zero-order chi connectivity index (χ0) is 45.3. The standard InChI is InChI=1S/C49H64N8O6/c1-10-56-40-19-18-33-24-35(40)36(44(56)34-16-12-20-50-42(34)29(2)3)25-49(6,7)28-63-48(62)37-17-13-21-57(53-37)47(61)38(23-31-14-11-15-32(33)22-31)52-45(59)43(30(4)5)55(9)41(58)27-54(8)46(60)39-26-51-39/h11-12,14-16,18-20,22,24,29-30,37-39,43,51,53H,10,13,17,21,23,25-28H2,1-9H3,(H,52,59)/t37-,38-,39+,43-/m0/s1. The van der Waals surface area contributed by atoms with Crippen LogP contribution in [0.4, 0.5) is 0 Å².